The highest BCUT2D eigenvalue weighted by Gasteiger charge is 2.24. The first-order chi connectivity index (χ1) is 15.9. The maximum atomic E-state index is 12.1. The third-order valence-corrected chi connectivity index (χ3v) is 5.54. The second kappa shape index (κ2) is 12.4. The number of hydrogen-bond acceptors (Lipinski definition) is 7. The summed E-state index contributed by atoms with van der Waals surface area (Å²) in [7, 11) is 0. The summed E-state index contributed by atoms with van der Waals surface area (Å²) < 4.78 is 5.43. The Morgan fingerprint density at radius 2 is 1.36 bits per heavy atom. The molecular weight excluding hydrogens is 416 g/mol. The molecule has 4 heterocycles. The lowest BCUT2D eigenvalue weighted by Gasteiger charge is -2.26. The van der Waals surface area contributed by atoms with Gasteiger partial charge in [0.25, 0.3) is 0 Å². The second-order valence-corrected chi connectivity index (χ2v) is 9.31. The molecule has 0 aliphatic carbocycles. The maximum absolute atomic E-state index is 12.1. The minimum atomic E-state index is -0.436. The zero-order chi connectivity index (χ0) is 23.5. The molecule has 0 aromatic carbocycles. The van der Waals surface area contributed by atoms with Gasteiger partial charge in [0.1, 0.15) is 5.60 Å². The first-order valence-electron chi connectivity index (χ1n) is 11.9. The van der Waals surface area contributed by atoms with Gasteiger partial charge in [0.2, 0.25) is 0 Å². The van der Waals surface area contributed by atoms with Gasteiger partial charge in [0.05, 0.1) is 0 Å². The van der Waals surface area contributed by atoms with Crippen LogP contribution in [0.3, 0.4) is 0 Å². The average Bonchev–Trinajstić information content (AvgIpc) is 3.23. The highest BCUT2D eigenvalue weighted by Crippen LogP contribution is 2.17. The molecule has 0 bridgehead atoms. The van der Waals surface area contributed by atoms with Gasteiger partial charge < -0.3 is 24.8 Å². The number of amides is 1. The first-order valence-corrected chi connectivity index (χ1v) is 11.9. The van der Waals surface area contributed by atoms with Crippen LogP contribution in [0.15, 0.2) is 49.1 Å². The predicted octanol–water partition coefficient (Wildman–Crippen LogP) is 3.41. The second-order valence-electron chi connectivity index (χ2n) is 9.31. The van der Waals surface area contributed by atoms with Gasteiger partial charge in [-0.1, -0.05) is 0 Å². The first kappa shape index (κ1) is 24.8. The van der Waals surface area contributed by atoms with E-state index in [1.165, 1.54) is 12.1 Å². The summed E-state index contributed by atoms with van der Waals surface area (Å²) in [6, 6.07) is 8.16. The predicted molar refractivity (Wildman–Crippen MR) is 133 cm³/mol. The number of carbonyl (C=O) groups is 1. The molecule has 0 atom stereocenters. The molecule has 180 valence electrons. The number of carbonyl (C=O) groups excluding carboxylic acids is 1. The number of nitrogens with one attached hydrogen (secondary N) is 1. The molecule has 0 unspecified atom stereocenters. The Labute approximate surface area is 198 Å². The lowest BCUT2D eigenvalue weighted by Crippen LogP contribution is -2.39. The molecule has 33 heavy (non-hydrogen) atoms. The third kappa shape index (κ3) is 8.53. The Hall–Kier alpha value is -2.87. The van der Waals surface area contributed by atoms with Crippen molar-refractivity contribution in [1.82, 2.24) is 20.2 Å². The van der Waals surface area contributed by atoms with E-state index in [2.05, 4.69) is 37.2 Å². The van der Waals surface area contributed by atoms with Crippen molar-refractivity contribution in [2.24, 2.45) is 0 Å². The monoisotopic (exact) mass is 454 g/mol. The molecule has 2 aromatic heterocycles. The van der Waals surface area contributed by atoms with Crippen LogP contribution in [-0.2, 0) is 4.74 Å². The topological polar surface area (TPSA) is 73.8 Å². The van der Waals surface area contributed by atoms with Crippen LogP contribution in [0, 0.1) is 0 Å². The molecule has 0 spiro atoms. The van der Waals surface area contributed by atoms with Crippen molar-refractivity contribution in [2.75, 3.05) is 62.2 Å². The van der Waals surface area contributed by atoms with Gasteiger partial charge in [0, 0.05) is 82.0 Å². The van der Waals surface area contributed by atoms with Gasteiger partial charge >= 0.3 is 6.09 Å². The average molecular weight is 455 g/mol. The maximum Gasteiger partial charge on any atom is 0.410 e. The quantitative estimate of drug-likeness (QED) is 0.745. The molecule has 2 aliphatic rings. The van der Waals surface area contributed by atoms with Crippen molar-refractivity contribution in [3.05, 3.63) is 49.1 Å². The molecule has 8 nitrogen and oxygen atoms in total. The largest absolute Gasteiger partial charge is 0.444 e. The highest BCUT2D eigenvalue weighted by atomic mass is 16.6. The van der Waals surface area contributed by atoms with E-state index in [1.807, 2.05) is 45.3 Å². The highest BCUT2D eigenvalue weighted by molar-refractivity contribution is 5.68. The van der Waals surface area contributed by atoms with E-state index in [0.717, 1.165) is 57.9 Å². The summed E-state index contributed by atoms with van der Waals surface area (Å²) >= 11 is 0. The lowest BCUT2D eigenvalue weighted by atomic mass is 10.2. The number of rotatable bonds is 2. The molecule has 0 radical (unpaired) electrons. The zero-order valence-corrected chi connectivity index (χ0v) is 20.2. The van der Waals surface area contributed by atoms with Crippen LogP contribution in [0.5, 0.6) is 0 Å². The van der Waals surface area contributed by atoms with Gasteiger partial charge in [-0.2, -0.15) is 0 Å². The Balaban J connectivity index is 0.000000203. The van der Waals surface area contributed by atoms with Crippen molar-refractivity contribution >= 4 is 17.5 Å². The van der Waals surface area contributed by atoms with Crippen LogP contribution < -0.4 is 15.1 Å². The molecule has 4 rings (SSSR count). The van der Waals surface area contributed by atoms with E-state index in [4.69, 9.17) is 4.74 Å². The summed E-state index contributed by atoms with van der Waals surface area (Å²) in [5, 5.41) is 3.39. The van der Waals surface area contributed by atoms with E-state index >= 15 is 0 Å². The van der Waals surface area contributed by atoms with Gasteiger partial charge in [0.15, 0.2) is 0 Å². The molecule has 2 aliphatic heterocycles. The summed E-state index contributed by atoms with van der Waals surface area (Å²) in [6.07, 6.45) is 9.26. The minimum absolute atomic E-state index is 0.214. The van der Waals surface area contributed by atoms with Crippen LogP contribution in [0.25, 0.3) is 0 Å². The number of pyridine rings is 2. The summed E-state index contributed by atoms with van der Waals surface area (Å²) in [5.74, 6) is 0. The van der Waals surface area contributed by atoms with E-state index in [1.54, 1.807) is 17.3 Å². The fraction of sp³-hybridized carbons (Fsp3) is 0.560. The van der Waals surface area contributed by atoms with Crippen molar-refractivity contribution < 1.29 is 9.53 Å². The van der Waals surface area contributed by atoms with Crippen molar-refractivity contribution in [3.8, 4) is 0 Å². The Kier molecular flexibility index (Phi) is 9.30. The Bertz CT molecular complexity index is 820. The number of nitrogens with zero attached hydrogens (tertiary/aromatic N) is 5. The van der Waals surface area contributed by atoms with Crippen LogP contribution in [-0.4, -0.2) is 78.9 Å². The number of hydrogen-bond donors (Lipinski definition) is 1. The van der Waals surface area contributed by atoms with Gasteiger partial charge in [-0.3, -0.25) is 9.97 Å². The zero-order valence-electron chi connectivity index (χ0n) is 20.2. The number of anilines is 2. The normalized spacial score (nSPS) is 17.4. The number of ether oxygens (including phenoxy) is 1. The summed E-state index contributed by atoms with van der Waals surface area (Å²) in [6.45, 7) is 13.4. The standard InChI is InChI=1S/C15H23N3O2.C10H15N3/c1-15(2,3)20-14(19)18-10-4-9-17(11-12-18)13-5-7-16-8-6-13;1-4-11-7-9-13(8-1)10-2-5-12-6-3-10/h5-8H,4,9-12H2,1-3H3;2-3,5-6,11H,1,4,7-9H2. The smallest absolute Gasteiger partial charge is 0.410 e. The van der Waals surface area contributed by atoms with Gasteiger partial charge in [-0.15, -0.1) is 0 Å². The molecule has 8 heteroatoms. The van der Waals surface area contributed by atoms with Gasteiger partial charge in [-0.25, -0.2) is 4.79 Å². The molecular formula is C25H38N6O2. The van der Waals surface area contributed by atoms with Crippen molar-refractivity contribution in [2.45, 2.75) is 39.2 Å². The fourth-order valence-corrected chi connectivity index (χ4v) is 3.90. The van der Waals surface area contributed by atoms with E-state index in [0.29, 0.717) is 6.54 Å². The SMILES string of the molecule is CC(C)(C)OC(=O)N1CCCN(c2ccncc2)CC1.c1cc(N2CCCNCC2)ccn1. The van der Waals surface area contributed by atoms with Crippen LogP contribution in [0.4, 0.5) is 16.2 Å². The molecule has 2 saturated heterocycles. The molecule has 2 aromatic rings. The molecule has 0 saturated carbocycles. The van der Waals surface area contributed by atoms with Crippen LogP contribution in [0.2, 0.25) is 0 Å². The Morgan fingerprint density at radius 1 is 0.788 bits per heavy atom. The van der Waals surface area contributed by atoms with Crippen molar-refractivity contribution in [1.29, 1.82) is 0 Å². The minimum Gasteiger partial charge on any atom is -0.444 e. The van der Waals surface area contributed by atoms with E-state index in [-0.39, 0.29) is 6.09 Å². The van der Waals surface area contributed by atoms with Gasteiger partial charge in [-0.05, 0) is 64.4 Å². The van der Waals surface area contributed by atoms with Crippen LogP contribution >= 0.6 is 0 Å². The van der Waals surface area contributed by atoms with Crippen LogP contribution in [0.1, 0.15) is 33.6 Å². The summed E-state index contributed by atoms with van der Waals surface area (Å²) in [5.41, 5.74) is 2.01. The Morgan fingerprint density at radius 3 is 1.97 bits per heavy atom. The molecule has 1 N–H and O–H groups in total. The fourth-order valence-electron chi connectivity index (χ4n) is 3.90. The van der Waals surface area contributed by atoms with Crippen molar-refractivity contribution in [3.63, 3.8) is 0 Å². The lowest BCUT2D eigenvalue weighted by molar-refractivity contribution is 0.0263. The summed E-state index contributed by atoms with van der Waals surface area (Å²) in [4.78, 5) is 26.6. The van der Waals surface area contributed by atoms with E-state index in [9.17, 15) is 4.79 Å². The van der Waals surface area contributed by atoms with E-state index < -0.39 is 5.60 Å². The molecule has 2 fully saturated rings. The third-order valence-electron chi connectivity index (χ3n) is 5.54. The molecule has 1 amide bonds. The number of aromatic nitrogens is 2.